The maximum atomic E-state index is 10.3. The summed E-state index contributed by atoms with van der Waals surface area (Å²) in [6.45, 7) is 3.68. The fourth-order valence-electron chi connectivity index (χ4n) is 2.69. The molecule has 0 radical (unpaired) electrons. The van der Waals surface area contributed by atoms with Crippen LogP contribution in [0.3, 0.4) is 0 Å². The number of aliphatic hydroxyl groups excluding tert-OH is 1. The van der Waals surface area contributed by atoms with Crippen molar-refractivity contribution in [2.75, 3.05) is 5.32 Å². The number of nitrogens with zero attached hydrogens (tertiary/aromatic N) is 2. The van der Waals surface area contributed by atoms with E-state index < -0.39 is 6.10 Å². The van der Waals surface area contributed by atoms with Gasteiger partial charge in [-0.25, -0.2) is 9.97 Å². The molecule has 2 N–H and O–H groups in total. The zero-order valence-electron chi connectivity index (χ0n) is 11.4. The van der Waals surface area contributed by atoms with E-state index in [0.29, 0.717) is 23.1 Å². The number of aliphatic hydroxyl groups is 1. The monoisotopic (exact) mass is 289 g/mol. The Bertz CT molecular complexity index is 660. The molecule has 0 fully saturated rings. The average Bonchev–Trinajstić information content (AvgIpc) is 2.72. The van der Waals surface area contributed by atoms with E-state index in [0.717, 1.165) is 16.8 Å². The number of anilines is 1. The van der Waals surface area contributed by atoms with Crippen LogP contribution in [0.2, 0.25) is 5.02 Å². The van der Waals surface area contributed by atoms with Crippen LogP contribution in [0.4, 0.5) is 5.82 Å². The molecule has 0 bridgehead atoms. The summed E-state index contributed by atoms with van der Waals surface area (Å²) < 4.78 is 0. The molecular weight excluding hydrogens is 274 g/mol. The molecule has 20 heavy (non-hydrogen) atoms. The Morgan fingerprint density at radius 2 is 2.00 bits per heavy atom. The minimum Gasteiger partial charge on any atom is -0.390 e. The molecule has 1 aliphatic carbocycles. The van der Waals surface area contributed by atoms with Gasteiger partial charge in [-0.15, -0.1) is 0 Å². The number of halogens is 1. The van der Waals surface area contributed by atoms with Gasteiger partial charge in [0.05, 0.1) is 17.8 Å². The zero-order chi connectivity index (χ0) is 14.3. The van der Waals surface area contributed by atoms with Crippen molar-refractivity contribution in [1.29, 1.82) is 0 Å². The normalized spacial score (nSPS) is 20.8. The summed E-state index contributed by atoms with van der Waals surface area (Å²) in [5, 5.41) is 14.0. The number of rotatable bonds is 2. The predicted molar refractivity (Wildman–Crippen MR) is 79.0 cm³/mol. The molecule has 1 aromatic carbocycles. The highest BCUT2D eigenvalue weighted by atomic mass is 35.5. The van der Waals surface area contributed by atoms with Crippen molar-refractivity contribution in [1.82, 2.24) is 9.97 Å². The minimum atomic E-state index is -0.473. The van der Waals surface area contributed by atoms with E-state index in [9.17, 15) is 5.11 Å². The fourth-order valence-corrected chi connectivity index (χ4v) is 2.83. The molecule has 0 aliphatic heterocycles. The number of benzene rings is 1. The zero-order valence-corrected chi connectivity index (χ0v) is 12.1. The van der Waals surface area contributed by atoms with Gasteiger partial charge in [-0.05, 0) is 25.0 Å². The van der Waals surface area contributed by atoms with Crippen LogP contribution < -0.4 is 5.32 Å². The maximum Gasteiger partial charge on any atom is 0.149 e. The standard InChI is InChI=1S/C15H16ClN3O/c1-8-13(16)15(18-9(2)17-8)19-14-11-6-4-3-5-10(11)7-12(14)20/h3-6,12,14,20H,7H2,1-2H3,(H,17,18,19)/t12-,14+/m0/s1. The van der Waals surface area contributed by atoms with Crippen molar-refractivity contribution in [2.24, 2.45) is 0 Å². The molecule has 0 saturated heterocycles. The molecule has 104 valence electrons. The van der Waals surface area contributed by atoms with Crippen LogP contribution in [0.1, 0.15) is 28.7 Å². The molecular formula is C15H16ClN3O. The van der Waals surface area contributed by atoms with Crippen molar-refractivity contribution in [2.45, 2.75) is 32.4 Å². The van der Waals surface area contributed by atoms with Gasteiger partial charge in [0.1, 0.15) is 16.7 Å². The van der Waals surface area contributed by atoms with Gasteiger partial charge in [0.15, 0.2) is 0 Å². The Kier molecular flexibility index (Phi) is 3.36. The summed E-state index contributed by atoms with van der Waals surface area (Å²) in [7, 11) is 0. The number of hydrogen-bond donors (Lipinski definition) is 2. The van der Waals surface area contributed by atoms with Crippen LogP contribution in [-0.4, -0.2) is 21.2 Å². The number of hydrogen-bond acceptors (Lipinski definition) is 4. The van der Waals surface area contributed by atoms with Crippen molar-refractivity contribution in [3.8, 4) is 0 Å². The van der Waals surface area contributed by atoms with Gasteiger partial charge in [0.2, 0.25) is 0 Å². The third-order valence-electron chi connectivity index (χ3n) is 3.62. The summed E-state index contributed by atoms with van der Waals surface area (Å²) in [5.74, 6) is 1.24. The number of fused-ring (bicyclic) bond motifs is 1. The van der Waals surface area contributed by atoms with Crippen LogP contribution >= 0.6 is 11.6 Å². The Morgan fingerprint density at radius 3 is 2.80 bits per heavy atom. The van der Waals surface area contributed by atoms with Crippen LogP contribution in [0, 0.1) is 13.8 Å². The van der Waals surface area contributed by atoms with Crippen molar-refractivity contribution in [3.05, 3.63) is 51.9 Å². The topological polar surface area (TPSA) is 58.0 Å². The fraction of sp³-hybridized carbons (Fsp3) is 0.333. The highest BCUT2D eigenvalue weighted by molar-refractivity contribution is 6.33. The van der Waals surface area contributed by atoms with Gasteiger partial charge in [0.25, 0.3) is 0 Å². The van der Waals surface area contributed by atoms with Crippen LogP contribution in [-0.2, 0) is 6.42 Å². The maximum absolute atomic E-state index is 10.3. The second-order valence-corrected chi connectivity index (χ2v) is 5.49. The second-order valence-electron chi connectivity index (χ2n) is 5.11. The Balaban J connectivity index is 1.96. The summed E-state index contributed by atoms with van der Waals surface area (Å²) in [5.41, 5.74) is 3.00. The van der Waals surface area contributed by atoms with E-state index in [1.54, 1.807) is 0 Å². The first kappa shape index (κ1) is 13.3. The molecule has 0 spiro atoms. The molecule has 1 heterocycles. The molecule has 0 amide bonds. The summed E-state index contributed by atoms with van der Waals surface area (Å²) in [6.07, 6.45) is 0.174. The first-order valence-electron chi connectivity index (χ1n) is 6.59. The summed E-state index contributed by atoms with van der Waals surface area (Å²) in [6, 6.07) is 7.84. The number of nitrogens with one attached hydrogen (secondary N) is 1. The van der Waals surface area contributed by atoms with E-state index in [2.05, 4.69) is 15.3 Å². The average molecular weight is 290 g/mol. The Hall–Kier alpha value is -1.65. The molecule has 2 aromatic rings. The summed E-state index contributed by atoms with van der Waals surface area (Å²) in [4.78, 5) is 8.57. The second kappa shape index (κ2) is 5.04. The molecule has 1 aromatic heterocycles. The smallest absolute Gasteiger partial charge is 0.149 e. The molecule has 0 saturated carbocycles. The van der Waals surface area contributed by atoms with Crippen LogP contribution in [0.5, 0.6) is 0 Å². The minimum absolute atomic E-state index is 0.183. The number of aryl methyl sites for hydroxylation is 2. The van der Waals surface area contributed by atoms with Crippen molar-refractivity contribution in [3.63, 3.8) is 0 Å². The quantitative estimate of drug-likeness (QED) is 0.892. The molecule has 0 unspecified atom stereocenters. The summed E-state index contributed by atoms with van der Waals surface area (Å²) >= 11 is 6.25. The van der Waals surface area contributed by atoms with Crippen LogP contribution in [0.25, 0.3) is 0 Å². The van der Waals surface area contributed by atoms with Crippen molar-refractivity contribution >= 4 is 17.4 Å². The molecule has 2 atom stereocenters. The lowest BCUT2D eigenvalue weighted by atomic mass is 10.1. The van der Waals surface area contributed by atoms with Gasteiger partial charge in [0, 0.05) is 6.42 Å². The van der Waals surface area contributed by atoms with E-state index in [1.165, 1.54) is 0 Å². The van der Waals surface area contributed by atoms with E-state index >= 15 is 0 Å². The molecule has 4 nitrogen and oxygen atoms in total. The lowest BCUT2D eigenvalue weighted by molar-refractivity contribution is 0.165. The molecule has 1 aliphatic rings. The van der Waals surface area contributed by atoms with E-state index in [4.69, 9.17) is 11.6 Å². The SMILES string of the molecule is Cc1nc(C)c(Cl)c(N[C@@H]2c3ccccc3C[C@@H]2O)n1. The van der Waals surface area contributed by atoms with Gasteiger partial charge in [-0.2, -0.15) is 0 Å². The van der Waals surface area contributed by atoms with Gasteiger partial charge in [-0.1, -0.05) is 35.9 Å². The van der Waals surface area contributed by atoms with Crippen LogP contribution in [0.15, 0.2) is 24.3 Å². The van der Waals surface area contributed by atoms with Gasteiger partial charge >= 0.3 is 0 Å². The molecule has 3 rings (SSSR count). The highest BCUT2D eigenvalue weighted by Gasteiger charge is 2.31. The highest BCUT2D eigenvalue weighted by Crippen LogP contribution is 2.35. The van der Waals surface area contributed by atoms with E-state index in [-0.39, 0.29) is 6.04 Å². The largest absolute Gasteiger partial charge is 0.390 e. The molecule has 5 heteroatoms. The van der Waals surface area contributed by atoms with E-state index in [1.807, 2.05) is 38.1 Å². The lowest BCUT2D eigenvalue weighted by Gasteiger charge is -2.20. The predicted octanol–water partition coefficient (Wildman–Crippen LogP) is 2.82. The first-order chi connectivity index (χ1) is 9.56. The number of aromatic nitrogens is 2. The van der Waals surface area contributed by atoms with Crippen molar-refractivity contribution < 1.29 is 5.11 Å². The first-order valence-corrected chi connectivity index (χ1v) is 6.97. The third kappa shape index (κ3) is 2.25. The Labute approximate surface area is 122 Å². The van der Waals surface area contributed by atoms with Gasteiger partial charge < -0.3 is 10.4 Å². The third-order valence-corrected chi connectivity index (χ3v) is 4.08. The Morgan fingerprint density at radius 1 is 1.25 bits per heavy atom. The van der Waals surface area contributed by atoms with Gasteiger partial charge in [-0.3, -0.25) is 0 Å². The lowest BCUT2D eigenvalue weighted by Crippen LogP contribution is -2.22.